The first-order valence-electron chi connectivity index (χ1n) is 4.37. The number of carbonyl (C=O) groups is 1. The quantitative estimate of drug-likeness (QED) is 0.635. The minimum absolute atomic E-state index is 0.129. The number of nitrogens with one attached hydrogen (secondary N) is 2. The third-order valence-electron chi connectivity index (χ3n) is 2.05. The van der Waals surface area contributed by atoms with Crippen LogP contribution >= 0.6 is 0 Å². The Bertz CT molecular complexity index is 183. The van der Waals surface area contributed by atoms with Gasteiger partial charge in [0.25, 0.3) is 0 Å². The molecular formula is C9H16N2O. The molecule has 68 valence electrons. The van der Waals surface area contributed by atoms with Crippen molar-refractivity contribution in [2.75, 3.05) is 13.1 Å². The van der Waals surface area contributed by atoms with Gasteiger partial charge in [-0.1, -0.05) is 6.58 Å². The van der Waals surface area contributed by atoms with Crippen LogP contribution in [0, 0.1) is 5.92 Å². The van der Waals surface area contributed by atoms with E-state index in [-0.39, 0.29) is 11.8 Å². The van der Waals surface area contributed by atoms with Crippen molar-refractivity contribution in [2.24, 2.45) is 5.92 Å². The van der Waals surface area contributed by atoms with Gasteiger partial charge in [-0.05, 0) is 32.9 Å². The van der Waals surface area contributed by atoms with Gasteiger partial charge in [-0.25, -0.2) is 0 Å². The van der Waals surface area contributed by atoms with Crippen LogP contribution in [0.2, 0.25) is 0 Å². The van der Waals surface area contributed by atoms with Crippen molar-refractivity contribution in [2.45, 2.75) is 19.8 Å². The Hall–Kier alpha value is -0.830. The van der Waals surface area contributed by atoms with Gasteiger partial charge in [0.15, 0.2) is 0 Å². The predicted octanol–water partition coefficient (Wildman–Crippen LogP) is 0.636. The molecule has 0 unspecified atom stereocenters. The van der Waals surface area contributed by atoms with Gasteiger partial charge in [-0.15, -0.1) is 0 Å². The average molecular weight is 168 g/mol. The molecule has 3 nitrogen and oxygen atoms in total. The fraction of sp³-hybridized carbons (Fsp3) is 0.667. The lowest BCUT2D eigenvalue weighted by Gasteiger charge is -2.21. The van der Waals surface area contributed by atoms with Crippen molar-refractivity contribution in [3.05, 3.63) is 12.3 Å². The largest absolute Gasteiger partial charge is 0.330 e. The molecule has 0 aromatic carbocycles. The summed E-state index contributed by atoms with van der Waals surface area (Å²) in [6, 6.07) is 0. The summed E-state index contributed by atoms with van der Waals surface area (Å²) in [5.41, 5.74) is 0.735. The number of piperidine rings is 1. The maximum atomic E-state index is 11.4. The number of hydrogen-bond acceptors (Lipinski definition) is 2. The number of allylic oxidation sites excluding steroid dienone is 1. The van der Waals surface area contributed by atoms with Crippen LogP contribution in [0.3, 0.4) is 0 Å². The Morgan fingerprint density at radius 1 is 1.50 bits per heavy atom. The van der Waals surface area contributed by atoms with E-state index in [9.17, 15) is 4.79 Å². The van der Waals surface area contributed by atoms with E-state index in [4.69, 9.17) is 0 Å². The second kappa shape index (κ2) is 4.26. The number of carbonyl (C=O) groups excluding carboxylic acids is 1. The molecule has 0 aliphatic carbocycles. The van der Waals surface area contributed by atoms with Crippen molar-refractivity contribution in [3.63, 3.8) is 0 Å². The monoisotopic (exact) mass is 168 g/mol. The molecule has 1 aliphatic heterocycles. The van der Waals surface area contributed by atoms with Gasteiger partial charge in [0, 0.05) is 11.6 Å². The van der Waals surface area contributed by atoms with Gasteiger partial charge < -0.3 is 10.6 Å². The van der Waals surface area contributed by atoms with Gasteiger partial charge in [0.1, 0.15) is 0 Å². The molecule has 1 aliphatic rings. The SMILES string of the molecule is C=C(C)NC(=O)C1CCNCC1. The van der Waals surface area contributed by atoms with E-state index < -0.39 is 0 Å². The molecule has 0 radical (unpaired) electrons. The smallest absolute Gasteiger partial charge is 0.227 e. The Kier molecular flexibility index (Phi) is 3.29. The molecule has 3 heteroatoms. The van der Waals surface area contributed by atoms with E-state index in [1.54, 1.807) is 6.92 Å². The maximum Gasteiger partial charge on any atom is 0.227 e. The molecule has 0 bridgehead atoms. The predicted molar refractivity (Wildman–Crippen MR) is 48.6 cm³/mol. The molecule has 1 rings (SSSR count). The number of rotatable bonds is 2. The van der Waals surface area contributed by atoms with E-state index in [1.165, 1.54) is 0 Å². The molecule has 0 aromatic rings. The zero-order valence-electron chi connectivity index (χ0n) is 7.52. The van der Waals surface area contributed by atoms with Gasteiger partial charge >= 0.3 is 0 Å². The summed E-state index contributed by atoms with van der Waals surface area (Å²) >= 11 is 0. The molecule has 12 heavy (non-hydrogen) atoms. The summed E-state index contributed by atoms with van der Waals surface area (Å²) in [6.45, 7) is 7.35. The summed E-state index contributed by atoms with van der Waals surface area (Å²) in [5, 5.41) is 5.97. The second-order valence-electron chi connectivity index (χ2n) is 3.29. The molecule has 1 heterocycles. The van der Waals surface area contributed by atoms with Crippen molar-refractivity contribution in [1.29, 1.82) is 0 Å². The fourth-order valence-corrected chi connectivity index (χ4v) is 1.40. The van der Waals surface area contributed by atoms with E-state index in [0.29, 0.717) is 0 Å². The lowest BCUT2D eigenvalue weighted by molar-refractivity contribution is -0.124. The normalized spacial score (nSPS) is 18.8. The summed E-state index contributed by atoms with van der Waals surface area (Å²) in [4.78, 5) is 11.4. The van der Waals surface area contributed by atoms with Crippen LogP contribution in [0.15, 0.2) is 12.3 Å². The summed E-state index contributed by atoms with van der Waals surface area (Å²) < 4.78 is 0. The molecular weight excluding hydrogens is 152 g/mol. The first-order chi connectivity index (χ1) is 5.70. The van der Waals surface area contributed by atoms with Crippen LogP contribution in [0.4, 0.5) is 0 Å². The van der Waals surface area contributed by atoms with Crippen LogP contribution in [0.5, 0.6) is 0 Å². The zero-order valence-corrected chi connectivity index (χ0v) is 7.52. The minimum atomic E-state index is 0.129. The Labute approximate surface area is 73.2 Å². The molecule has 1 amide bonds. The van der Waals surface area contributed by atoms with Gasteiger partial charge in [-0.3, -0.25) is 4.79 Å². The molecule has 1 fully saturated rings. The van der Waals surface area contributed by atoms with Crippen molar-refractivity contribution < 1.29 is 4.79 Å². The van der Waals surface area contributed by atoms with Crippen molar-refractivity contribution in [1.82, 2.24) is 10.6 Å². The first kappa shape index (κ1) is 9.26. The molecule has 0 aromatic heterocycles. The van der Waals surface area contributed by atoms with Gasteiger partial charge in [0.05, 0.1) is 0 Å². The van der Waals surface area contributed by atoms with E-state index in [2.05, 4.69) is 17.2 Å². The first-order valence-corrected chi connectivity index (χ1v) is 4.37. The van der Waals surface area contributed by atoms with E-state index >= 15 is 0 Å². The lowest BCUT2D eigenvalue weighted by Crippen LogP contribution is -2.37. The van der Waals surface area contributed by atoms with E-state index in [0.717, 1.165) is 31.6 Å². The fourth-order valence-electron chi connectivity index (χ4n) is 1.40. The number of hydrogen-bond donors (Lipinski definition) is 2. The Morgan fingerprint density at radius 3 is 2.58 bits per heavy atom. The highest BCUT2D eigenvalue weighted by molar-refractivity contribution is 5.80. The van der Waals surface area contributed by atoms with Crippen LogP contribution in [0.1, 0.15) is 19.8 Å². The number of amides is 1. The van der Waals surface area contributed by atoms with Crippen molar-refractivity contribution >= 4 is 5.91 Å². The third-order valence-corrected chi connectivity index (χ3v) is 2.05. The molecule has 2 N–H and O–H groups in total. The van der Waals surface area contributed by atoms with Crippen LogP contribution < -0.4 is 10.6 Å². The van der Waals surface area contributed by atoms with Gasteiger partial charge in [0.2, 0.25) is 5.91 Å². The summed E-state index contributed by atoms with van der Waals surface area (Å²) in [7, 11) is 0. The van der Waals surface area contributed by atoms with Crippen molar-refractivity contribution in [3.8, 4) is 0 Å². The summed E-state index contributed by atoms with van der Waals surface area (Å²) in [5.74, 6) is 0.312. The lowest BCUT2D eigenvalue weighted by atomic mass is 9.97. The van der Waals surface area contributed by atoms with Crippen LogP contribution in [0.25, 0.3) is 0 Å². The molecule has 0 spiro atoms. The highest BCUT2D eigenvalue weighted by Gasteiger charge is 2.20. The Balaban J connectivity index is 2.34. The topological polar surface area (TPSA) is 41.1 Å². The van der Waals surface area contributed by atoms with Gasteiger partial charge in [-0.2, -0.15) is 0 Å². The third kappa shape index (κ3) is 2.66. The molecule has 1 saturated heterocycles. The van der Waals surface area contributed by atoms with Crippen LogP contribution in [-0.4, -0.2) is 19.0 Å². The average Bonchev–Trinajstić information content (AvgIpc) is 2.05. The molecule has 0 saturated carbocycles. The zero-order chi connectivity index (χ0) is 8.97. The highest BCUT2D eigenvalue weighted by atomic mass is 16.1. The van der Waals surface area contributed by atoms with E-state index in [1.807, 2.05) is 0 Å². The Morgan fingerprint density at radius 2 is 2.08 bits per heavy atom. The minimum Gasteiger partial charge on any atom is -0.330 e. The second-order valence-corrected chi connectivity index (χ2v) is 3.29. The maximum absolute atomic E-state index is 11.4. The summed E-state index contributed by atoms with van der Waals surface area (Å²) in [6.07, 6.45) is 1.89. The van der Waals surface area contributed by atoms with Crippen LogP contribution in [-0.2, 0) is 4.79 Å². The highest BCUT2D eigenvalue weighted by Crippen LogP contribution is 2.11. The standard InChI is InChI=1S/C9H16N2O/c1-7(2)11-9(12)8-3-5-10-6-4-8/h8,10H,1,3-6H2,2H3,(H,11,12). The molecule has 0 atom stereocenters.